The van der Waals surface area contributed by atoms with Crippen molar-refractivity contribution in [1.82, 2.24) is 4.57 Å². The highest BCUT2D eigenvalue weighted by Crippen LogP contribution is 2.48. The molecule has 0 aliphatic rings. The molecule has 69 heavy (non-hydrogen) atoms. The summed E-state index contributed by atoms with van der Waals surface area (Å²) in [7, 11) is 0. The van der Waals surface area contributed by atoms with Crippen molar-refractivity contribution in [2.75, 3.05) is 0 Å². The summed E-state index contributed by atoms with van der Waals surface area (Å²) < 4.78 is 2.46. The van der Waals surface area contributed by atoms with E-state index in [4.69, 9.17) is 0 Å². The van der Waals surface area contributed by atoms with Crippen molar-refractivity contribution in [2.45, 2.75) is 0 Å². The van der Waals surface area contributed by atoms with Crippen molar-refractivity contribution in [3.63, 3.8) is 0 Å². The maximum absolute atomic E-state index is 2.48. The number of para-hydroxylation sites is 1. The highest BCUT2D eigenvalue weighted by Gasteiger charge is 2.21. The van der Waals surface area contributed by atoms with Crippen LogP contribution in [0.3, 0.4) is 0 Å². The maximum atomic E-state index is 2.48. The molecule has 0 fully saturated rings. The first-order chi connectivity index (χ1) is 34.2. The summed E-state index contributed by atoms with van der Waals surface area (Å²) in [6.45, 7) is 0. The number of hydrogen-bond acceptors (Lipinski definition) is 0. The minimum atomic E-state index is 1.17. The quantitative estimate of drug-likeness (QED) is 0.123. The SMILES string of the molecule is c1ccc(-n2c3cc4c5ccccc5c5cc(-c6ccc(-c7c8ccccc8c(-c8ccc9ccccc9c8)c8ccccc78)c7ccccc67)ccc5c4cc3c3c4ccccc4ccc32)cc1. The monoisotopic (exact) mass is 871 g/mol. The molecule has 0 N–H and O–H groups in total. The molecule has 318 valence electrons. The first-order valence-electron chi connectivity index (χ1n) is 24.0. The fraction of sp³-hybridized carbons (Fsp3) is 0. The second kappa shape index (κ2) is 14.7. The summed E-state index contributed by atoms with van der Waals surface area (Å²) in [6.07, 6.45) is 0. The Hall–Kier alpha value is -9.04. The van der Waals surface area contributed by atoms with E-state index in [1.165, 1.54) is 147 Å². The van der Waals surface area contributed by atoms with Crippen LogP contribution in [0.25, 0.3) is 147 Å². The van der Waals surface area contributed by atoms with Crippen LogP contribution in [0, 0.1) is 0 Å². The third-order valence-corrected chi connectivity index (χ3v) is 15.1. The zero-order valence-corrected chi connectivity index (χ0v) is 37.6. The van der Waals surface area contributed by atoms with Crippen LogP contribution in [0.5, 0.6) is 0 Å². The van der Waals surface area contributed by atoms with Gasteiger partial charge in [-0.05, 0) is 162 Å². The van der Waals surface area contributed by atoms with Gasteiger partial charge in [-0.15, -0.1) is 0 Å². The van der Waals surface area contributed by atoms with Gasteiger partial charge >= 0.3 is 0 Å². The summed E-state index contributed by atoms with van der Waals surface area (Å²) in [6, 6.07) is 92.7. The number of rotatable bonds is 4. The minimum absolute atomic E-state index is 1.17. The Morgan fingerprint density at radius 3 is 1.42 bits per heavy atom. The van der Waals surface area contributed by atoms with Crippen molar-refractivity contribution in [3.8, 4) is 39.1 Å². The summed E-state index contributed by atoms with van der Waals surface area (Å²) in [5.74, 6) is 0. The van der Waals surface area contributed by atoms with Crippen LogP contribution >= 0.6 is 0 Å². The number of benzene rings is 14. The Balaban J connectivity index is 0.961. The molecule has 15 aromatic rings. The molecule has 0 atom stereocenters. The van der Waals surface area contributed by atoms with Crippen LogP contribution in [-0.4, -0.2) is 4.57 Å². The van der Waals surface area contributed by atoms with Crippen molar-refractivity contribution in [1.29, 1.82) is 0 Å². The summed E-state index contributed by atoms with van der Waals surface area (Å²) in [4.78, 5) is 0. The zero-order valence-electron chi connectivity index (χ0n) is 37.6. The molecule has 0 saturated carbocycles. The third-order valence-electron chi connectivity index (χ3n) is 15.1. The van der Waals surface area contributed by atoms with E-state index in [-0.39, 0.29) is 0 Å². The van der Waals surface area contributed by atoms with Crippen LogP contribution in [0.1, 0.15) is 0 Å². The van der Waals surface area contributed by atoms with Gasteiger partial charge in [0, 0.05) is 16.5 Å². The molecule has 0 unspecified atom stereocenters. The molecule has 0 spiro atoms. The summed E-state index contributed by atoms with van der Waals surface area (Å²) in [5, 5.41) is 22.7. The summed E-state index contributed by atoms with van der Waals surface area (Å²) in [5.41, 5.74) is 11.1. The van der Waals surface area contributed by atoms with Crippen LogP contribution < -0.4 is 0 Å². The molecule has 0 saturated heterocycles. The van der Waals surface area contributed by atoms with E-state index in [0.717, 1.165) is 0 Å². The Morgan fingerprint density at radius 2 is 0.710 bits per heavy atom. The molecule has 15 rings (SSSR count). The van der Waals surface area contributed by atoms with E-state index >= 15 is 0 Å². The van der Waals surface area contributed by atoms with Gasteiger partial charge in [-0.3, -0.25) is 0 Å². The van der Waals surface area contributed by atoms with Gasteiger partial charge in [-0.1, -0.05) is 206 Å². The van der Waals surface area contributed by atoms with Crippen LogP contribution in [-0.2, 0) is 0 Å². The number of nitrogens with zero attached hydrogens (tertiary/aromatic N) is 1. The molecule has 1 heteroatoms. The van der Waals surface area contributed by atoms with Crippen molar-refractivity contribution < 1.29 is 0 Å². The van der Waals surface area contributed by atoms with Gasteiger partial charge in [0.05, 0.1) is 11.0 Å². The highest BCUT2D eigenvalue weighted by molar-refractivity contribution is 6.31. The Bertz CT molecular complexity index is 4590. The lowest BCUT2D eigenvalue weighted by Crippen LogP contribution is -1.93. The van der Waals surface area contributed by atoms with E-state index in [2.05, 4.69) is 253 Å². The van der Waals surface area contributed by atoms with Crippen LogP contribution in [0.4, 0.5) is 0 Å². The minimum Gasteiger partial charge on any atom is -0.309 e. The molecule has 0 aliphatic carbocycles. The van der Waals surface area contributed by atoms with E-state index in [1.807, 2.05) is 0 Å². The molecule has 0 radical (unpaired) electrons. The van der Waals surface area contributed by atoms with Gasteiger partial charge in [0.1, 0.15) is 0 Å². The molecule has 1 nitrogen and oxygen atoms in total. The standard InChI is InChI=1S/C68H41N/c1-2-19-47(20-3-1)69-64-37-33-43-17-6-7-21-49(43)68(64)63-40-61-54-34-32-45(39-60(54)52-24-10-11-25-53(52)62(61)41-65(63)69)48-35-36-59(51-23-9-8-22-50(48)51)67-57-28-14-12-26-55(57)66(56-27-13-15-29-58(56)67)46-31-30-42-16-4-5-18-44(42)38-46/h1-41H. The maximum Gasteiger partial charge on any atom is 0.0547 e. The van der Waals surface area contributed by atoms with Crippen LogP contribution in [0.15, 0.2) is 249 Å². The smallest absolute Gasteiger partial charge is 0.0547 e. The second-order valence-corrected chi connectivity index (χ2v) is 18.7. The Morgan fingerprint density at radius 1 is 0.217 bits per heavy atom. The predicted molar refractivity (Wildman–Crippen MR) is 297 cm³/mol. The predicted octanol–water partition coefficient (Wildman–Crippen LogP) is 19.0. The average Bonchev–Trinajstić information content (AvgIpc) is 3.75. The number of fused-ring (bicyclic) bond motifs is 15. The van der Waals surface area contributed by atoms with Crippen LogP contribution in [0.2, 0.25) is 0 Å². The lowest BCUT2D eigenvalue weighted by Gasteiger charge is -2.20. The largest absolute Gasteiger partial charge is 0.309 e. The molecule has 0 bridgehead atoms. The zero-order chi connectivity index (χ0) is 45.2. The van der Waals surface area contributed by atoms with Gasteiger partial charge in [-0.2, -0.15) is 0 Å². The molecular weight excluding hydrogens is 831 g/mol. The topological polar surface area (TPSA) is 4.93 Å². The van der Waals surface area contributed by atoms with E-state index < -0.39 is 0 Å². The van der Waals surface area contributed by atoms with Crippen molar-refractivity contribution >= 4 is 108 Å². The molecule has 1 aromatic heterocycles. The molecular formula is C68H41N. The lowest BCUT2D eigenvalue weighted by molar-refractivity contribution is 1.18. The molecule has 14 aromatic carbocycles. The molecule has 1 heterocycles. The fourth-order valence-corrected chi connectivity index (χ4v) is 12.1. The van der Waals surface area contributed by atoms with E-state index in [1.54, 1.807) is 0 Å². The molecule has 0 aliphatic heterocycles. The van der Waals surface area contributed by atoms with Gasteiger partial charge in [0.15, 0.2) is 0 Å². The van der Waals surface area contributed by atoms with Crippen molar-refractivity contribution in [2.24, 2.45) is 0 Å². The second-order valence-electron chi connectivity index (χ2n) is 18.7. The number of aromatic nitrogens is 1. The third kappa shape index (κ3) is 5.59. The lowest BCUT2D eigenvalue weighted by atomic mass is 9.83. The van der Waals surface area contributed by atoms with Gasteiger partial charge in [0.2, 0.25) is 0 Å². The Kier molecular flexibility index (Phi) is 8.13. The Labute approximate surface area is 398 Å². The first kappa shape index (κ1) is 38.1. The van der Waals surface area contributed by atoms with Gasteiger partial charge in [0.25, 0.3) is 0 Å². The van der Waals surface area contributed by atoms with E-state index in [0.29, 0.717) is 0 Å². The summed E-state index contributed by atoms with van der Waals surface area (Å²) >= 11 is 0. The van der Waals surface area contributed by atoms with Gasteiger partial charge in [-0.25, -0.2) is 0 Å². The fourth-order valence-electron chi connectivity index (χ4n) is 12.1. The van der Waals surface area contributed by atoms with Gasteiger partial charge < -0.3 is 4.57 Å². The van der Waals surface area contributed by atoms with E-state index in [9.17, 15) is 0 Å². The normalized spacial score (nSPS) is 12.1. The average molecular weight is 872 g/mol. The highest BCUT2D eigenvalue weighted by atomic mass is 15.0. The first-order valence-corrected chi connectivity index (χ1v) is 24.0. The number of hydrogen-bond donors (Lipinski definition) is 0. The van der Waals surface area contributed by atoms with Crippen molar-refractivity contribution in [3.05, 3.63) is 249 Å². The molecule has 0 amide bonds.